The van der Waals surface area contributed by atoms with Gasteiger partial charge in [-0.1, -0.05) is 13.0 Å². The zero-order chi connectivity index (χ0) is 22.8. The number of aliphatic carboxylic acids is 1. The SMILES string of the molecule is C[C@]12CC[C@@H]3c4ccc(O[C@@H]5O[C@H](C(=O)O)[C@@H](O)[C@H](O)[C@H]5O)cc4CC[C@H]3[C@@H]1CCC2=O. The molecule has 4 aliphatic rings. The van der Waals surface area contributed by atoms with Gasteiger partial charge in [0.25, 0.3) is 0 Å². The van der Waals surface area contributed by atoms with Crippen molar-refractivity contribution in [1.82, 2.24) is 0 Å². The number of aryl methyl sites for hydroxylation is 1. The molecule has 1 aromatic carbocycles. The molecular weight excluding hydrogens is 416 g/mol. The third kappa shape index (κ3) is 3.27. The lowest BCUT2D eigenvalue weighted by molar-refractivity contribution is -0.271. The van der Waals surface area contributed by atoms with Crippen molar-refractivity contribution >= 4 is 11.8 Å². The van der Waals surface area contributed by atoms with Crippen LogP contribution in [0.3, 0.4) is 0 Å². The van der Waals surface area contributed by atoms with Gasteiger partial charge in [0.1, 0.15) is 29.8 Å². The van der Waals surface area contributed by atoms with Crippen LogP contribution in [0.4, 0.5) is 0 Å². The maximum absolute atomic E-state index is 12.5. The zero-order valence-corrected chi connectivity index (χ0v) is 18.0. The van der Waals surface area contributed by atoms with E-state index in [0.717, 1.165) is 37.7 Å². The Morgan fingerprint density at radius 1 is 1.09 bits per heavy atom. The summed E-state index contributed by atoms with van der Waals surface area (Å²) in [5.74, 6) is 0.773. The number of carboxylic acids is 1. The number of aliphatic hydroxyl groups is 3. The van der Waals surface area contributed by atoms with Crippen molar-refractivity contribution in [2.45, 2.75) is 82.1 Å². The first-order valence-corrected chi connectivity index (χ1v) is 11.5. The van der Waals surface area contributed by atoms with Gasteiger partial charge in [-0.25, -0.2) is 4.79 Å². The van der Waals surface area contributed by atoms with E-state index in [4.69, 9.17) is 9.47 Å². The van der Waals surface area contributed by atoms with Crippen molar-refractivity contribution in [2.24, 2.45) is 17.3 Å². The molecule has 9 atom stereocenters. The van der Waals surface area contributed by atoms with E-state index in [1.165, 1.54) is 5.56 Å². The highest BCUT2D eigenvalue weighted by atomic mass is 16.7. The van der Waals surface area contributed by atoms with Gasteiger partial charge in [0.2, 0.25) is 6.29 Å². The van der Waals surface area contributed by atoms with Crippen LogP contribution in [0.5, 0.6) is 5.75 Å². The fourth-order valence-electron chi connectivity index (χ4n) is 6.69. The summed E-state index contributed by atoms with van der Waals surface area (Å²) in [5.41, 5.74) is 2.26. The van der Waals surface area contributed by atoms with Crippen molar-refractivity contribution in [2.75, 3.05) is 0 Å². The number of fused-ring (bicyclic) bond motifs is 5. The molecule has 32 heavy (non-hydrogen) atoms. The number of carboxylic acid groups (broad SMARTS) is 1. The molecule has 1 aliphatic heterocycles. The van der Waals surface area contributed by atoms with Crippen LogP contribution in [0.15, 0.2) is 18.2 Å². The summed E-state index contributed by atoms with van der Waals surface area (Å²) in [6.07, 6.45) is -2.65. The van der Waals surface area contributed by atoms with Gasteiger partial charge in [-0.15, -0.1) is 0 Å². The fourth-order valence-corrected chi connectivity index (χ4v) is 6.69. The number of carbonyl (C=O) groups excluding carboxylic acids is 1. The Labute approximate surface area is 186 Å². The van der Waals surface area contributed by atoms with Crippen LogP contribution in [-0.2, 0) is 20.7 Å². The number of hydrogen-bond donors (Lipinski definition) is 4. The molecule has 3 aliphatic carbocycles. The smallest absolute Gasteiger partial charge is 0.335 e. The first-order chi connectivity index (χ1) is 15.2. The highest BCUT2D eigenvalue weighted by molar-refractivity contribution is 5.87. The van der Waals surface area contributed by atoms with E-state index in [2.05, 4.69) is 6.92 Å². The van der Waals surface area contributed by atoms with Gasteiger partial charge in [0, 0.05) is 11.8 Å². The van der Waals surface area contributed by atoms with Crippen molar-refractivity contribution in [3.8, 4) is 5.75 Å². The standard InChI is InChI=1S/C24H30O8/c1-24-9-8-14-13-5-3-12(10-11(13)2-4-15(14)16(24)6-7-17(24)25)31-23-20(28)18(26)19(27)21(32-23)22(29)30/h3,5,10,14-16,18-21,23,26-28H,2,4,6-9H2,1H3,(H,29,30)/t14-,15-,16+,18+,19+,20-,21+,23-,24+/m1/s1. The molecule has 1 saturated heterocycles. The van der Waals surface area contributed by atoms with Crippen LogP contribution in [-0.4, -0.2) is 62.9 Å². The number of benzene rings is 1. The van der Waals surface area contributed by atoms with E-state index in [-0.39, 0.29) is 5.41 Å². The first kappa shape index (κ1) is 21.8. The average molecular weight is 446 g/mol. The lowest BCUT2D eigenvalue weighted by Gasteiger charge is -2.48. The van der Waals surface area contributed by atoms with E-state index in [0.29, 0.717) is 35.7 Å². The number of ether oxygens (including phenoxy) is 2. The first-order valence-electron chi connectivity index (χ1n) is 11.5. The lowest BCUT2D eigenvalue weighted by atomic mass is 9.55. The largest absolute Gasteiger partial charge is 0.479 e. The molecule has 1 heterocycles. The topological polar surface area (TPSA) is 134 Å². The van der Waals surface area contributed by atoms with Crippen LogP contribution in [0.2, 0.25) is 0 Å². The molecule has 8 nitrogen and oxygen atoms in total. The molecule has 0 bridgehead atoms. The summed E-state index contributed by atoms with van der Waals surface area (Å²) in [5, 5.41) is 39.3. The van der Waals surface area contributed by atoms with Gasteiger partial charge in [0.15, 0.2) is 6.10 Å². The number of Topliss-reactive ketones (excluding diaryl/α,β-unsaturated/α-hetero) is 1. The van der Waals surface area contributed by atoms with Crippen LogP contribution in [0.25, 0.3) is 0 Å². The van der Waals surface area contributed by atoms with Gasteiger partial charge in [0.05, 0.1) is 0 Å². The number of ketones is 1. The van der Waals surface area contributed by atoms with E-state index in [1.807, 2.05) is 12.1 Å². The summed E-state index contributed by atoms with van der Waals surface area (Å²) >= 11 is 0. The highest BCUT2D eigenvalue weighted by Gasteiger charge is 2.54. The molecule has 5 rings (SSSR count). The Morgan fingerprint density at radius 2 is 1.88 bits per heavy atom. The Balaban J connectivity index is 1.35. The van der Waals surface area contributed by atoms with Gasteiger partial charge in [-0.2, -0.15) is 0 Å². The molecule has 0 amide bonds. The summed E-state index contributed by atoms with van der Waals surface area (Å²) in [7, 11) is 0. The Bertz CT molecular complexity index is 931. The maximum atomic E-state index is 12.5. The van der Waals surface area contributed by atoms with Gasteiger partial charge >= 0.3 is 5.97 Å². The predicted octanol–water partition coefficient (Wildman–Crippen LogP) is 1.38. The van der Waals surface area contributed by atoms with Crippen LogP contribution in [0.1, 0.15) is 56.1 Å². The van der Waals surface area contributed by atoms with Crippen LogP contribution >= 0.6 is 0 Å². The molecular formula is C24H30O8. The summed E-state index contributed by atoms with van der Waals surface area (Å²) in [4.78, 5) is 23.8. The molecule has 0 spiro atoms. The second kappa shape index (κ2) is 7.80. The summed E-state index contributed by atoms with van der Waals surface area (Å²) in [6.45, 7) is 2.15. The van der Waals surface area contributed by atoms with E-state index in [9.17, 15) is 30.0 Å². The average Bonchev–Trinajstić information content (AvgIpc) is 3.08. The molecule has 8 heteroatoms. The lowest BCUT2D eigenvalue weighted by Crippen LogP contribution is -2.61. The Morgan fingerprint density at radius 3 is 2.62 bits per heavy atom. The van der Waals surface area contributed by atoms with E-state index >= 15 is 0 Å². The van der Waals surface area contributed by atoms with Gasteiger partial charge < -0.3 is 29.9 Å². The Hall–Kier alpha value is -2.00. The second-order valence-corrected chi connectivity index (χ2v) is 10.0. The monoisotopic (exact) mass is 446 g/mol. The van der Waals surface area contributed by atoms with Crippen LogP contribution < -0.4 is 4.74 Å². The van der Waals surface area contributed by atoms with Crippen molar-refractivity contribution in [1.29, 1.82) is 0 Å². The third-order valence-corrected chi connectivity index (χ3v) is 8.47. The van der Waals surface area contributed by atoms with Crippen molar-refractivity contribution < 1.29 is 39.5 Å². The molecule has 3 fully saturated rings. The zero-order valence-electron chi connectivity index (χ0n) is 18.0. The minimum atomic E-state index is -1.75. The van der Waals surface area contributed by atoms with E-state index < -0.39 is 36.7 Å². The highest BCUT2D eigenvalue weighted by Crippen LogP contribution is 2.59. The number of hydrogen-bond acceptors (Lipinski definition) is 7. The molecule has 4 N–H and O–H groups in total. The third-order valence-electron chi connectivity index (χ3n) is 8.47. The molecule has 0 unspecified atom stereocenters. The normalized spacial score (nSPS) is 43.2. The van der Waals surface area contributed by atoms with E-state index in [1.54, 1.807) is 6.07 Å². The minimum Gasteiger partial charge on any atom is -0.479 e. The summed E-state index contributed by atoms with van der Waals surface area (Å²) < 4.78 is 10.9. The minimum absolute atomic E-state index is 0.164. The van der Waals surface area contributed by atoms with Crippen molar-refractivity contribution in [3.63, 3.8) is 0 Å². The molecule has 174 valence electrons. The Kier molecular flexibility index (Phi) is 5.32. The predicted molar refractivity (Wildman–Crippen MR) is 111 cm³/mol. The molecule has 1 aromatic rings. The maximum Gasteiger partial charge on any atom is 0.335 e. The molecule has 2 saturated carbocycles. The summed E-state index contributed by atoms with van der Waals surface area (Å²) in [6, 6.07) is 5.69. The van der Waals surface area contributed by atoms with Crippen LogP contribution in [0, 0.1) is 17.3 Å². The quantitative estimate of drug-likeness (QED) is 0.547. The van der Waals surface area contributed by atoms with Gasteiger partial charge in [-0.3, -0.25) is 4.79 Å². The molecule has 0 aromatic heterocycles. The van der Waals surface area contributed by atoms with Gasteiger partial charge in [-0.05, 0) is 73.1 Å². The van der Waals surface area contributed by atoms with Crippen molar-refractivity contribution in [3.05, 3.63) is 29.3 Å². The number of rotatable bonds is 3. The molecule has 0 radical (unpaired) electrons. The number of carbonyl (C=O) groups is 2. The number of aliphatic hydroxyl groups excluding tert-OH is 3. The fraction of sp³-hybridized carbons (Fsp3) is 0.667. The second-order valence-electron chi connectivity index (χ2n) is 10.0.